The number of rotatable bonds is 2. The van der Waals surface area contributed by atoms with Crippen LogP contribution in [0.25, 0.3) is 11.1 Å². The Hall–Kier alpha value is -1.53. The van der Waals surface area contributed by atoms with Gasteiger partial charge in [-0.2, -0.15) is 0 Å². The fraction of sp³-hybridized carbons (Fsp3) is 0. The highest BCUT2D eigenvalue weighted by molar-refractivity contribution is 9.10. The molecule has 0 saturated heterocycles. The van der Waals surface area contributed by atoms with Crippen molar-refractivity contribution in [3.05, 3.63) is 41.0 Å². The van der Waals surface area contributed by atoms with Crippen molar-refractivity contribution in [2.24, 2.45) is 0 Å². The van der Waals surface area contributed by atoms with Crippen LogP contribution < -0.4 is 5.73 Å². The van der Waals surface area contributed by atoms with Gasteiger partial charge in [0.15, 0.2) is 5.58 Å². The monoisotopic (exact) mass is 321 g/mol. The Bertz CT molecular complexity index is 696. The summed E-state index contributed by atoms with van der Waals surface area (Å²) in [7, 11) is 0. The first kappa shape index (κ1) is 11.6. The lowest BCUT2D eigenvalue weighted by Crippen LogP contribution is -1.82. The van der Waals surface area contributed by atoms with Gasteiger partial charge in [0, 0.05) is 16.4 Å². The van der Waals surface area contributed by atoms with Gasteiger partial charge in [-0.25, -0.2) is 9.97 Å². The lowest BCUT2D eigenvalue weighted by molar-refractivity contribution is 0.489. The minimum atomic E-state index is 0.561. The molecule has 6 heteroatoms. The molecule has 0 aliphatic rings. The van der Waals surface area contributed by atoms with E-state index < -0.39 is 0 Å². The molecule has 0 saturated carbocycles. The molecule has 2 N–H and O–H groups in total. The summed E-state index contributed by atoms with van der Waals surface area (Å²) >= 11 is 4.72. The summed E-state index contributed by atoms with van der Waals surface area (Å²) in [6, 6.07) is 9.22. The molecule has 0 spiro atoms. The highest BCUT2D eigenvalue weighted by Gasteiger charge is 2.08. The van der Waals surface area contributed by atoms with E-state index in [9.17, 15) is 0 Å². The van der Waals surface area contributed by atoms with Crippen molar-refractivity contribution in [3.63, 3.8) is 0 Å². The molecule has 0 radical (unpaired) electrons. The summed E-state index contributed by atoms with van der Waals surface area (Å²) in [4.78, 5) is 8.61. The van der Waals surface area contributed by atoms with Gasteiger partial charge in [-0.05, 0) is 58.0 Å². The van der Waals surface area contributed by atoms with E-state index in [4.69, 9.17) is 10.2 Å². The molecule has 3 aromatic rings. The fourth-order valence-corrected chi connectivity index (χ4v) is 2.41. The number of pyridine rings is 1. The Morgan fingerprint density at radius 2 is 2.11 bits per heavy atom. The Morgan fingerprint density at radius 3 is 2.89 bits per heavy atom. The second kappa shape index (κ2) is 4.62. The molecule has 0 fully saturated rings. The second-order valence-corrected chi connectivity index (χ2v) is 5.51. The van der Waals surface area contributed by atoms with Crippen LogP contribution in [-0.4, -0.2) is 9.97 Å². The Kier molecular flexibility index (Phi) is 2.97. The SMILES string of the molecule is Nc1ccc2oc(Sc3ccc(Br)cn3)nc2c1. The van der Waals surface area contributed by atoms with Crippen molar-refractivity contribution in [3.8, 4) is 0 Å². The zero-order chi connectivity index (χ0) is 12.5. The standard InChI is InChI=1S/C12H8BrN3OS/c13-7-1-4-11(15-6-7)18-12-16-9-5-8(14)2-3-10(9)17-12/h1-6H,14H2. The van der Waals surface area contributed by atoms with Crippen LogP contribution in [0.1, 0.15) is 0 Å². The average Bonchev–Trinajstić information content (AvgIpc) is 2.73. The van der Waals surface area contributed by atoms with E-state index in [1.165, 1.54) is 11.8 Å². The van der Waals surface area contributed by atoms with Gasteiger partial charge < -0.3 is 10.2 Å². The topological polar surface area (TPSA) is 64.9 Å². The van der Waals surface area contributed by atoms with Gasteiger partial charge in [0.1, 0.15) is 10.5 Å². The zero-order valence-electron chi connectivity index (χ0n) is 9.13. The van der Waals surface area contributed by atoms with Crippen molar-refractivity contribution < 1.29 is 4.42 Å². The summed E-state index contributed by atoms with van der Waals surface area (Å²) in [6.07, 6.45) is 1.74. The number of oxazole rings is 1. The molecular formula is C12H8BrN3OS. The average molecular weight is 322 g/mol. The molecule has 0 aliphatic carbocycles. The summed E-state index contributed by atoms with van der Waals surface area (Å²) in [5.74, 6) is 0. The third-order valence-electron chi connectivity index (χ3n) is 2.28. The smallest absolute Gasteiger partial charge is 0.263 e. The molecule has 90 valence electrons. The van der Waals surface area contributed by atoms with Crippen LogP contribution in [-0.2, 0) is 0 Å². The Labute approximate surface area is 116 Å². The molecular weight excluding hydrogens is 314 g/mol. The maximum atomic E-state index is 5.70. The number of nitrogen functional groups attached to an aromatic ring is 1. The number of hydrogen-bond donors (Lipinski definition) is 1. The number of aromatic nitrogens is 2. The van der Waals surface area contributed by atoms with Crippen LogP contribution in [0.5, 0.6) is 0 Å². The van der Waals surface area contributed by atoms with Crippen molar-refractivity contribution in [1.82, 2.24) is 9.97 Å². The van der Waals surface area contributed by atoms with Crippen LogP contribution in [0.2, 0.25) is 0 Å². The summed E-state index contributed by atoms with van der Waals surface area (Å²) < 4.78 is 6.54. The van der Waals surface area contributed by atoms with E-state index in [0.717, 1.165) is 20.6 Å². The lowest BCUT2D eigenvalue weighted by Gasteiger charge is -1.95. The number of nitrogens with two attached hydrogens (primary N) is 1. The predicted octanol–water partition coefficient (Wildman–Crippen LogP) is 3.72. The summed E-state index contributed by atoms with van der Waals surface area (Å²) in [6.45, 7) is 0. The number of nitrogens with zero attached hydrogens (tertiary/aromatic N) is 2. The van der Waals surface area contributed by atoms with E-state index in [1.807, 2.05) is 18.2 Å². The quantitative estimate of drug-likeness (QED) is 0.729. The first-order valence-corrected chi connectivity index (χ1v) is 6.77. The molecule has 0 amide bonds. The van der Waals surface area contributed by atoms with Gasteiger partial charge in [0.2, 0.25) is 0 Å². The number of hydrogen-bond acceptors (Lipinski definition) is 5. The number of benzene rings is 1. The molecule has 2 heterocycles. The van der Waals surface area contributed by atoms with E-state index >= 15 is 0 Å². The molecule has 2 aromatic heterocycles. The van der Waals surface area contributed by atoms with Gasteiger partial charge in [-0.15, -0.1) is 0 Å². The maximum Gasteiger partial charge on any atom is 0.263 e. The normalized spacial score (nSPS) is 10.9. The third kappa shape index (κ3) is 2.34. The highest BCUT2D eigenvalue weighted by atomic mass is 79.9. The van der Waals surface area contributed by atoms with Crippen LogP contribution in [0.15, 0.2) is 55.7 Å². The number of fused-ring (bicyclic) bond motifs is 1. The molecule has 0 bridgehead atoms. The lowest BCUT2D eigenvalue weighted by atomic mass is 10.3. The van der Waals surface area contributed by atoms with Crippen LogP contribution in [0, 0.1) is 0 Å². The molecule has 18 heavy (non-hydrogen) atoms. The van der Waals surface area contributed by atoms with E-state index in [0.29, 0.717) is 10.9 Å². The van der Waals surface area contributed by atoms with Crippen molar-refractivity contribution in [1.29, 1.82) is 0 Å². The van der Waals surface area contributed by atoms with Crippen LogP contribution in [0.4, 0.5) is 5.69 Å². The van der Waals surface area contributed by atoms with E-state index in [1.54, 1.807) is 18.3 Å². The minimum absolute atomic E-state index is 0.561. The predicted molar refractivity (Wildman–Crippen MR) is 74.5 cm³/mol. The van der Waals surface area contributed by atoms with E-state index in [-0.39, 0.29) is 0 Å². The minimum Gasteiger partial charge on any atom is -0.431 e. The van der Waals surface area contributed by atoms with Gasteiger partial charge in [-0.3, -0.25) is 0 Å². The third-order valence-corrected chi connectivity index (χ3v) is 3.55. The largest absolute Gasteiger partial charge is 0.431 e. The highest BCUT2D eigenvalue weighted by Crippen LogP contribution is 2.29. The first-order chi connectivity index (χ1) is 8.70. The van der Waals surface area contributed by atoms with Crippen LogP contribution >= 0.6 is 27.7 Å². The first-order valence-electron chi connectivity index (χ1n) is 5.16. The maximum absolute atomic E-state index is 5.70. The Balaban J connectivity index is 1.92. The molecule has 0 unspecified atom stereocenters. The molecule has 4 nitrogen and oxygen atoms in total. The van der Waals surface area contributed by atoms with Crippen molar-refractivity contribution in [2.45, 2.75) is 10.2 Å². The van der Waals surface area contributed by atoms with Crippen LogP contribution in [0.3, 0.4) is 0 Å². The van der Waals surface area contributed by atoms with Gasteiger partial charge in [-0.1, -0.05) is 0 Å². The van der Waals surface area contributed by atoms with Gasteiger partial charge >= 0.3 is 0 Å². The number of anilines is 1. The Morgan fingerprint density at radius 1 is 1.22 bits per heavy atom. The summed E-state index contributed by atoms with van der Waals surface area (Å²) in [5.41, 5.74) is 7.86. The molecule has 3 rings (SSSR count). The molecule has 0 atom stereocenters. The zero-order valence-corrected chi connectivity index (χ0v) is 11.5. The van der Waals surface area contributed by atoms with Crippen molar-refractivity contribution in [2.75, 3.05) is 5.73 Å². The second-order valence-electron chi connectivity index (χ2n) is 3.62. The van der Waals surface area contributed by atoms with Crippen molar-refractivity contribution >= 4 is 44.5 Å². The van der Waals surface area contributed by atoms with E-state index in [2.05, 4.69) is 25.9 Å². The number of halogens is 1. The molecule has 1 aromatic carbocycles. The molecule has 0 aliphatic heterocycles. The fourth-order valence-electron chi connectivity index (χ4n) is 1.48. The van der Waals surface area contributed by atoms with Gasteiger partial charge in [0.05, 0.1) is 0 Å². The van der Waals surface area contributed by atoms with Gasteiger partial charge in [0.25, 0.3) is 5.22 Å². The summed E-state index contributed by atoms with van der Waals surface area (Å²) in [5, 5.41) is 1.39.